The molecule has 1 aliphatic heterocycles. The van der Waals surface area contributed by atoms with E-state index in [1.165, 1.54) is 17.0 Å². The van der Waals surface area contributed by atoms with Crippen molar-refractivity contribution in [1.82, 2.24) is 15.1 Å². The highest BCUT2D eigenvalue weighted by Gasteiger charge is 2.24. The number of hydrogen-bond donors (Lipinski definition) is 1. The Bertz CT molecular complexity index is 1100. The lowest BCUT2D eigenvalue weighted by Crippen LogP contribution is -2.47. The molecule has 3 rings (SSSR count). The van der Waals surface area contributed by atoms with Crippen LogP contribution in [0.15, 0.2) is 18.2 Å². The van der Waals surface area contributed by atoms with E-state index < -0.39 is 44.8 Å². The van der Waals surface area contributed by atoms with E-state index in [0.717, 1.165) is 0 Å². The van der Waals surface area contributed by atoms with Gasteiger partial charge in [0, 0.05) is 57.1 Å². The molecule has 0 unspecified atom stereocenters. The van der Waals surface area contributed by atoms with E-state index in [9.17, 15) is 4.79 Å². The van der Waals surface area contributed by atoms with E-state index in [1.54, 1.807) is 27.1 Å². The number of amides is 2. The molecule has 0 spiro atoms. The van der Waals surface area contributed by atoms with Crippen LogP contribution < -0.4 is 10.2 Å². The van der Waals surface area contributed by atoms with Crippen molar-refractivity contribution in [3.8, 4) is 0 Å². The Labute approximate surface area is 191 Å². The van der Waals surface area contributed by atoms with Gasteiger partial charge >= 0.3 is 6.03 Å². The highest BCUT2D eigenvalue weighted by atomic mass is 35.5. The average Bonchev–Trinajstić information content (AvgIpc) is 2.80. The molecule has 0 radical (unpaired) electrons. The van der Waals surface area contributed by atoms with Crippen molar-refractivity contribution in [2.45, 2.75) is 45.0 Å². The minimum atomic E-state index is -3.59. The maximum atomic E-state index is 12.0. The fourth-order valence-corrected chi connectivity index (χ4v) is 3.29. The molecule has 1 aromatic carbocycles. The minimum Gasteiger partial charge on any atom is -0.368 e. The first-order valence-corrected chi connectivity index (χ1v) is 9.69. The van der Waals surface area contributed by atoms with Gasteiger partial charge in [-0.2, -0.15) is 0 Å². The molecule has 156 valence electrons. The number of anilines is 1. The number of carbonyl (C=O) groups is 1. The summed E-state index contributed by atoms with van der Waals surface area (Å²) in [6.07, 6.45) is -2.20. The van der Waals surface area contributed by atoms with Crippen LogP contribution in [-0.2, 0) is 0 Å². The molecule has 1 aromatic rings. The fraction of sp³-hybridized carbons (Fsp3) is 0.682. The average molecular weight is 419 g/mol. The lowest BCUT2D eigenvalue weighted by molar-refractivity contribution is 0.194. The molecular weight excluding hydrogens is 372 g/mol. The van der Waals surface area contributed by atoms with Crippen LogP contribution in [0, 0.1) is 12.8 Å². The van der Waals surface area contributed by atoms with E-state index in [4.69, 9.17) is 28.1 Å². The third-order valence-electron chi connectivity index (χ3n) is 4.80. The molecule has 6 heteroatoms. The number of rotatable bonds is 5. The zero-order chi connectivity index (χ0) is 30.9. The second kappa shape index (κ2) is 9.84. The molecule has 1 saturated carbocycles. The summed E-state index contributed by atoms with van der Waals surface area (Å²) in [4.78, 5) is 13.3. The topological polar surface area (TPSA) is 38.8 Å². The lowest BCUT2D eigenvalue weighted by Gasteiger charge is -2.37. The molecule has 0 aromatic heterocycles. The number of piperazine rings is 1. The quantitative estimate of drug-likeness (QED) is 0.785. The number of aryl methyl sites for hydroxylation is 1. The van der Waals surface area contributed by atoms with Crippen LogP contribution in [0.3, 0.4) is 0 Å². The Kier molecular flexibility index (Phi) is 3.70. The molecule has 0 bridgehead atoms. The number of hydrogen-bond acceptors (Lipinski definition) is 3. The van der Waals surface area contributed by atoms with Crippen LogP contribution in [-0.4, -0.2) is 68.5 Å². The third-order valence-corrected chi connectivity index (χ3v) is 5.29. The number of benzene rings is 1. The predicted molar refractivity (Wildman–Crippen MR) is 117 cm³/mol. The summed E-state index contributed by atoms with van der Waals surface area (Å²) < 4.78 is 105. The number of nitrogens with zero attached hydrogens (tertiary/aromatic N) is 3. The van der Waals surface area contributed by atoms with Gasteiger partial charge in [-0.05, 0) is 63.0 Å². The maximum Gasteiger partial charge on any atom is 0.317 e. The summed E-state index contributed by atoms with van der Waals surface area (Å²) in [6, 6.07) is 3.57. The molecule has 1 heterocycles. The molecule has 2 amide bonds. The normalized spacial score (nSPS) is 38.1. The number of carbonyl (C=O) groups excluding carboxylic acids is 1. The van der Waals surface area contributed by atoms with Crippen molar-refractivity contribution in [2.24, 2.45) is 5.92 Å². The summed E-state index contributed by atoms with van der Waals surface area (Å²) >= 11 is 6.33. The highest BCUT2D eigenvalue weighted by Crippen LogP contribution is 2.30. The Hall–Kier alpha value is -1.46. The lowest BCUT2D eigenvalue weighted by atomic mass is 9.84. The Balaban J connectivity index is 2.04. The van der Waals surface area contributed by atoms with Gasteiger partial charge in [0.2, 0.25) is 0 Å². The first-order valence-electron chi connectivity index (χ1n) is 15.3. The second-order valence-electron chi connectivity index (χ2n) is 7.17. The molecule has 0 atom stereocenters. The zero-order valence-corrected chi connectivity index (χ0v) is 17.1. The van der Waals surface area contributed by atoms with Crippen molar-refractivity contribution in [3.63, 3.8) is 0 Å². The Morgan fingerprint density at radius 1 is 1.25 bits per heavy atom. The molecule has 5 nitrogen and oxygen atoms in total. The molecule has 1 saturated heterocycles. The Morgan fingerprint density at radius 3 is 2.57 bits per heavy atom. The third kappa shape index (κ3) is 5.54. The van der Waals surface area contributed by atoms with Crippen molar-refractivity contribution in [2.75, 3.05) is 51.5 Å². The van der Waals surface area contributed by atoms with E-state index in [0.29, 0.717) is 18.4 Å². The van der Waals surface area contributed by atoms with Crippen molar-refractivity contribution < 1.29 is 21.2 Å². The summed E-state index contributed by atoms with van der Waals surface area (Å²) in [7, 11) is 3.14. The summed E-state index contributed by atoms with van der Waals surface area (Å²) in [5.41, 5.74) is 0.0732. The number of halogens is 1. The molecule has 2 fully saturated rings. The van der Waals surface area contributed by atoms with Crippen molar-refractivity contribution in [3.05, 3.63) is 28.8 Å². The van der Waals surface area contributed by atoms with E-state index in [-0.39, 0.29) is 45.4 Å². The van der Waals surface area contributed by atoms with Crippen molar-refractivity contribution in [1.29, 1.82) is 0 Å². The molecule has 1 N–H and O–H groups in total. The van der Waals surface area contributed by atoms with Crippen LogP contribution in [0.1, 0.15) is 54.1 Å². The van der Waals surface area contributed by atoms with Gasteiger partial charge in [0.05, 0.1) is 16.2 Å². The van der Waals surface area contributed by atoms with E-state index in [1.807, 2.05) is 0 Å². The van der Waals surface area contributed by atoms with Crippen LogP contribution >= 0.6 is 11.6 Å². The van der Waals surface area contributed by atoms with Gasteiger partial charge in [0.1, 0.15) is 0 Å². The first kappa shape index (κ1) is 10.5. The smallest absolute Gasteiger partial charge is 0.317 e. The molecule has 2 aliphatic rings. The van der Waals surface area contributed by atoms with Gasteiger partial charge in [0.25, 0.3) is 0 Å². The predicted octanol–water partition coefficient (Wildman–Crippen LogP) is 3.99. The minimum absolute atomic E-state index is 0.0789. The first-order chi connectivity index (χ1) is 18.0. The van der Waals surface area contributed by atoms with Crippen LogP contribution in [0.5, 0.6) is 0 Å². The highest BCUT2D eigenvalue weighted by molar-refractivity contribution is 6.34. The zero-order valence-electron chi connectivity index (χ0n) is 28.3. The van der Waals surface area contributed by atoms with Gasteiger partial charge in [-0.25, -0.2) is 4.79 Å². The summed E-state index contributed by atoms with van der Waals surface area (Å²) in [5.74, 6) is -1.05. The number of nitrogens with one attached hydrogen (secondary N) is 1. The Morgan fingerprint density at radius 2 is 1.93 bits per heavy atom. The summed E-state index contributed by atoms with van der Waals surface area (Å²) in [5, 5.41) is 2.66. The van der Waals surface area contributed by atoms with E-state index in [2.05, 4.69) is 5.32 Å². The number of urea groups is 1. The van der Waals surface area contributed by atoms with Gasteiger partial charge in [-0.3, -0.25) is 4.90 Å². The van der Waals surface area contributed by atoms with Crippen molar-refractivity contribution >= 4 is 23.3 Å². The molecule has 1 aliphatic carbocycles. The van der Waals surface area contributed by atoms with Crippen LogP contribution in [0.25, 0.3) is 0 Å². The maximum absolute atomic E-state index is 12.0. The molecular formula is C22H35ClN4O. The van der Waals surface area contributed by atoms with E-state index >= 15 is 0 Å². The van der Waals surface area contributed by atoms with Gasteiger partial charge in [-0.15, -0.1) is 0 Å². The fourth-order valence-electron chi connectivity index (χ4n) is 3.08. The second-order valence-corrected chi connectivity index (χ2v) is 7.55. The van der Waals surface area contributed by atoms with Gasteiger partial charge < -0.3 is 15.1 Å². The largest absolute Gasteiger partial charge is 0.368 e. The van der Waals surface area contributed by atoms with Gasteiger partial charge in [0.15, 0.2) is 0 Å². The van der Waals surface area contributed by atoms with Crippen LogP contribution in [0.2, 0.25) is 5.02 Å². The van der Waals surface area contributed by atoms with Crippen LogP contribution in [0.4, 0.5) is 10.5 Å². The SMILES string of the molecule is [2H]C([2H])(C1CCC(NC(=O)N(C)C)CC1)C([2H])([2H])N1C([2H])([2H])C([2H])([2H])N(c2cccc(C)c2Cl)C([2H])([2H])C1([2H])[2H]. The van der Waals surface area contributed by atoms with Gasteiger partial charge in [-0.1, -0.05) is 23.7 Å². The standard InChI is InChI=1S/C22H35ClN4O/c1-17-5-4-6-20(21(17)23)27-15-13-26(14-16-27)12-11-18-7-9-19(10-8-18)24-22(28)25(2)3/h4-6,18-19H,7-16H2,1-3H3,(H,24,28)/i11D2,12D2,13D2,14D2,15D2,16D2. The monoisotopic (exact) mass is 418 g/mol. The molecule has 28 heavy (non-hydrogen) atoms. The summed E-state index contributed by atoms with van der Waals surface area (Å²) in [6.45, 7) is -16.0.